The second kappa shape index (κ2) is 12.0. The average Bonchev–Trinajstić information content (AvgIpc) is 2.64. The molecule has 2 rings (SSSR count). The number of benzene rings is 2. The van der Waals surface area contributed by atoms with Gasteiger partial charge in [-0.1, -0.05) is 48.5 Å². The Kier molecular flexibility index (Phi) is 10.4. The highest BCUT2D eigenvalue weighted by Gasteiger charge is 2.08. The first-order valence-electron chi connectivity index (χ1n) is 9.27. The molecule has 0 heterocycles. The van der Waals surface area contributed by atoms with E-state index in [0.717, 1.165) is 25.6 Å². The molecule has 2 aromatic carbocycles. The van der Waals surface area contributed by atoms with Crippen LogP contribution < -0.4 is 10.6 Å². The van der Waals surface area contributed by atoms with Crippen molar-refractivity contribution < 1.29 is 0 Å². The fraction of sp³-hybridized carbons (Fsp3) is 0.409. The lowest BCUT2D eigenvalue weighted by atomic mass is 10.1. The van der Waals surface area contributed by atoms with Crippen molar-refractivity contribution >= 4 is 29.9 Å². The quantitative estimate of drug-likeness (QED) is 0.352. The number of hydrogen-bond acceptors (Lipinski definition) is 2. The van der Waals surface area contributed by atoms with Gasteiger partial charge in [0, 0.05) is 32.7 Å². The van der Waals surface area contributed by atoms with Crippen molar-refractivity contribution in [3.05, 3.63) is 70.8 Å². The predicted molar refractivity (Wildman–Crippen MR) is 127 cm³/mol. The van der Waals surface area contributed by atoms with Gasteiger partial charge in [0.25, 0.3) is 0 Å². The topological polar surface area (TPSA) is 39.7 Å². The van der Waals surface area contributed by atoms with Gasteiger partial charge in [-0.2, -0.15) is 0 Å². The van der Waals surface area contributed by atoms with Crippen molar-refractivity contribution in [3.8, 4) is 0 Å². The maximum Gasteiger partial charge on any atom is 0.191 e. The van der Waals surface area contributed by atoms with Gasteiger partial charge in [0.15, 0.2) is 5.96 Å². The van der Waals surface area contributed by atoms with Crippen LogP contribution in [0.25, 0.3) is 0 Å². The molecule has 2 N–H and O–H groups in total. The third-order valence-corrected chi connectivity index (χ3v) is 4.80. The summed E-state index contributed by atoms with van der Waals surface area (Å²) in [6.45, 7) is 9.05. The van der Waals surface area contributed by atoms with Crippen LogP contribution in [0.4, 0.5) is 0 Å². The van der Waals surface area contributed by atoms with Gasteiger partial charge in [0.05, 0.1) is 0 Å². The Morgan fingerprint density at radius 2 is 1.44 bits per heavy atom. The van der Waals surface area contributed by atoms with Crippen molar-refractivity contribution in [3.63, 3.8) is 0 Å². The van der Waals surface area contributed by atoms with Gasteiger partial charge in [-0.3, -0.25) is 9.89 Å². The number of nitrogens with one attached hydrogen (secondary N) is 2. The lowest BCUT2D eigenvalue weighted by molar-refractivity contribution is 0.265. The molecule has 4 nitrogen and oxygen atoms in total. The normalized spacial score (nSPS) is 11.4. The first-order valence-corrected chi connectivity index (χ1v) is 9.27. The van der Waals surface area contributed by atoms with Gasteiger partial charge in [0.1, 0.15) is 0 Å². The van der Waals surface area contributed by atoms with E-state index in [-0.39, 0.29) is 24.0 Å². The summed E-state index contributed by atoms with van der Waals surface area (Å²) in [6, 6.07) is 17.5. The molecule has 0 fully saturated rings. The second-order valence-corrected chi connectivity index (χ2v) is 6.98. The number of rotatable bonds is 7. The van der Waals surface area contributed by atoms with E-state index in [0.29, 0.717) is 6.04 Å². The monoisotopic (exact) mass is 480 g/mol. The lowest BCUT2D eigenvalue weighted by Gasteiger charge is -2.23. The van der Waals surface area contributed by atoms with E-state index >= 15 is 0 Å². The van der Waals surface area contributed by atoms with Gasteiger partial charge >= 0.3 is 0 Å². The summed E-state index contributed by atoms with van der Waals surface area (Å²) in [4.78, 5) is 6.70. The molecule has 0 amide bonds. The molecule has 0 spiro atoms. The summed E-state index contributed by atoms with van der Waals surface area (Å²) in [7, 11) is 3.98. The standard InChI is InChI=1S/C22H32N4.HI/c1-17(2)26(5)16-21-13-9-8-12-20(21)15-25-22(23-4)24-14-19-11-7-6-10-18(19)3;/h6-13,17H,14-16H2,1-5H3,(H2,23,24,25);1H. The van der Waals surface area contributed by atoms with Crippen LogP contribution in [0.5, 0.6) is 0 Å². The molecule has 27 heavy (non-hydrogen) atoms. The molecule has 0 aromatic heterocycles. The van der Waals surface area contributed by atoms with Crippen molar-refractivity contribution in [2.75, 3.05) is 14.1 Å². The third-order valence-electron chi connectivity index (χ3n) is 4.80. The number of aryl methyl sites for hydroxylation is 1. The third kappa shape index (κ3) is 7.50. The molecule has 2 aromatic rings. The van der Waals surface area contributed by atoms with E-state index in [1.165, 1.54) is 22.3 Å². The van der Waals surface area contributed by atoms with E-state index in [1.807, 2.05) is 7.05 Å². The molecule has 0 atom stereocenters. The fourth-order valence-corrected chi connectivity index (χ4v) is 2.72. The summed E-state index contributed by atoms with van der Waals surface area (Å²) >= 11 is 0. The van der Waals surface area contributed by atoms with Crippen molar-refractivity contribution in [1.29, 1.82) is 0 Å². The summed E-state index contributed by atoms with van der Waals surface area (Å²) in [6.07, 6.45) is 0. The summed E-state index contributed by atoms with van der Waals surface area (Å²) < 4.78 is 0. The van der Waals surface area contributed by atoms with Crippen LogP contribution in [0.2, 0.25) is 0 Å². The van der Waals surface area contributed by atoms with Gasteiger partial charge in [0.2, 0.25) is 0 Å². The minimum atomic E-state index is 0. The first kappa shape index (κ1) is 23.4. The smallest absolute Gasteiger partial charge is 0.191 e. The number of aliphatic imine (C=N–C) groups is 1. The van der Waals surface area contributed by atoms with Crippen LogP contribution in [0.15, 0.2) is 53.5 Å². The van der Waals surface area contributed by atoms with Crippen LogP contribution in [-0.4, -0.2) is 31.0 Å². The van der Waals surface area contributed by atoms with Crippen LogP contribution in [0.1, 0.15) is 36.1 Å². The van der Waals surface area contributed by atoms with E-state index < -0.39 is 0 Å². The maximum absolute atomic E-state index is 4.35. The average molecular weight is 480 g/mol. The molecular formula is C22H33IN4. The van der Waals surface area contributed by atoms with E-state index in [1.54, 1.807) is 0 Å². The lowest BCUT2D eigenvalue weighted by Crippen LogP contribution is -2.36. The van der Waals surface area contributed by atoms with Crippen LogP contribution >= 0.6 is 24.0 Å². The van der Waals surface area contributed by atoms with Gasteiger partial charge in [-0.25, -0.2) is 0 Å². The number of guanidine groups is 1. The van der Waals surface area contributed by atoms with Crippen LogP contribution in [0.3, 0.4) is 0 Å². The minimum absolute atomic E-state index is 0. The predicted octanol–water partition coefficient (Wildman–Crippen LogP) is 4.32. The molecule has 0 radical (unpaired) electrons. The summed E-state index contributed by atoms with van der Waals surface area (Å²) in [5, 5.41) is 6.84. The van der Waals surface area contributed by atoms with Gasteiger partial charge in [-0.05, 0) is 50.1 Å². The van der Waals surface area contributed by atoms with Crippen LogP contribution in [0, 0.1) is 6.92 Å². The number of halogens is 1. The molecule has 0 unspecified atom stereocenters. The summed E-state index contributed by atoms with van der Waals surface area (Å²) in [5.74, 6) is 0.820. The van der Waals surface area contributed by atoms with E-state index in [4.69, 9.17) is 0 Å². The highest BCUT2D eigenvalue weighted by atomic mass is 127. The van der Waals surface area contributed by atoms with Gasteiger partial charge in [-0.15, -0.1) is 24.0 Å². The molecule has 0 bridgehead atoms. The Morgan fingerprint density at radius 3 is 2.00 bits per heavy atom. The van der Waals surface area contributed by atoms with Crippen molar-refractivity contribution in [1.82, 2.24) is 15.5 Å². The Labute approximate surface area is 181 Å². The SMILES string of the molecule is CN=C(NCc1ccccc1C)NCc1ccccc1CN(C)C(C)C.I. The fourth-order valence-electron chi connectivity index (χ4n) is 2.72. The molecule has 5 heteroatoms. The van der Waals surface area contributed by atoms with Crippen molar-refractivity contribution in [2.24, 2.45) is 4.99 Å². The zero-order valence-corrected chi connectivity index (χ0v) is 19.5. The highest BCUT2D eigenvalue weighted by molar-refractivity contribution is 14.0. The molecule has 0 aliphatic heterocycles. The summed E-state index contributed by atoms with van der Waals surface area (Å²) in [5.41, 5.74) is 5.23. The maximum atomic E-state index is 4.35. The zero-order chi connectivity index (χ0) is 18.9. The molecule has 0 aliphatic carbocycles. The first-order chi connectivity index (χ1) is 12.5. The largest absolute Gasteiger partial charge is 0.352 e. The Morgan fingerprint density at radius 1 is 0.926 bits per heavy atom. The van der Waals surface area contributed by atoms with E-state index in [9.17, 15) is 0 Å². The number of nitrogens with zero attached hydrogens (tertiary/aromatic N) is 2. The molecule has 148 valence electrons. The Balaban J connectivity index is 0.00000364. The number of hydrogen-bond donors (Lipinski definition) is 2. The highest BCUT2D eigenvalue weighted by Crippen LogP contribution is 2.12. The van der Waals surface area contributed by atoms with E-state index in [2.05, 4.69) is 96.9 Å². The molecule has 0 aliphatic rings. The van der Waals surface area contributed by atoms with Crippen molar-refractivity contribution in [2.45, 2.75) is 46.4 Å². The van der Waals surface area contributed by atoms with Crippen LogP contribution in [-0.2, 0) is 19.6 Å². The minimum Gasteiger partial charge on any atom is -0.352 e. The second-order valence-electron chi connectivity index (χ2n) is 6.98. The molecule has 0 saturated heterocycles. The zero-order valence-electron chi connectivity index (χ0n) is 17.1. The van der Waals surface area contributed by atoms with Gasteiger partial charge < -0.3 is 10.6 Å². The molecular weight excluding hydrogens is 447 g/mol. The Bertz CT molecular complexity index is 728. The molecule has 0 saturated carbocycles. The Hall–Kier alpha value is -1.60.